The van der Waals surface area contributed by atoms with Crippen LogP contribution in [0.4, 0.5) is 5.69 Å². The molecule has 0 unspecified atom stereocenters. The second-order valence-electron chi connectivity index (χ2n) is 8.90. The fourth-order valence-electron chi connectivity index (χ4n) is 3.59. The van der Waals surface area contributed by atoms with Gasteiger partial charge in [-0.3, -0.25) is 4.79 Å². The molecule has 1 aliphatic rings. The number of benzene rings is 1. The van der Waals surface area contributed by atoms with Crippen LogP contribution in [0.15, 0.2) is 43.0 Å². The zero-order valence-corrected chi connectivity index (χ0v) is 22.3. The molecule has 0 aliphatic carbocycles. The van der Waals surface area contributed by atoms with Crippen molar-refractivity contribution in [2.75, 3.05) is 19.4 Å². The minimum atomic E-state index is -4.79. The van der Waals surface area contributed by atoms with Gasteiger partial charge in [-0.2, -0.15) is 8.42 Å². The van der Waals surface area contributed by atoms with E-state index in [4.69, 9.17) is 9.56 Å². The normalized spacial score (nSPS) is 16.2. The average molecular weight is 540 g/mol. The highest BCUT2D eigenvalue weighted by atomic mass is 32.3. The van der Waals surface area contributed by atoms with Gasteiger partial charge < -0.3 is 25.1 Å². The third-order valence-corrected chi connectivity index (χ3v) is 8.67. The summed E-state index contributed by atoms with van der Waals surface area (Å²) in [4.78, 5) is 13.7. The number of hydrogen-bond donors (Lipinski definition) is 4. The Balaban J connectivity index is 2.15. The van der Waals surface area contributed by atoms with E-state index < -0.39 is 47.7 Å². The molecule has 0 fully saturated rings. The third kappa shape index (κ3) is 5.24. The van der Waals surface area contributed by atoms with Crippen LogP contribution in [-0.4, -0.2) is 52.7 Å². The Morgan fingerprint density at radius 1 is 1.22 bits per heavy atom. The largest absolute Gasteiger partial charge is 0.505 e. The van der Waals surface area contributed by atoms with Gasteiger partial charge in [0.15, 0.2) is 11.6 Å². The zero-order valence-electron chi connectivity index (χ0n) is 20.6. The van der Waals surface area contributed by atoms with Gasteiger partial charge in [0.1, 0.15) is 17.2 Å². The SMILES string of the molecule is Cc1cc([C@H](NC2=NS(=O)(=O)C(S(N)(=O)=O)=C2Nc2cccc(C(=O)N(C)C)c2O)C(C)C)oc1C. The number of nitrogens with zero attached hydrogens (tertiary/aromatic N) is 2. The van der Waals surface area contributed by atoms with Gasteiger partial charge in [-0.15, -0.1) is 4.40 Å². The molecular weight excluding hydrogens is 510 g/mol. The van der Waals surface area contributed by atoms with Crippen LogP contribution in [0.5, 0.6) is 5.75 Å². The van der Waals surface area contributed by atoms with E-state index in [-0.39, 0.29) is 23.0 Å². The molecule has 1 aromatic carbocycles. The summed E-state index contributed by atoms with van der Waals surface area (Å²) in [6, 6.07) is 5.34. The number of aromatic hydroxyl groups is 1. The fourth-order valence-corrected chi connectivity index (χ4v) is 6.18. The number of furan rings is 1. The van der Waals surface area contributed by atoms with Crippen molar-refractivity contribution in [2.45, 2.75) is 33.7 Å². The van der Waals surface area contributed by atoms with Crippen LogP contribution in [0.2, 0.25) is 0 Å². The van der Waals surface area contributed by atoms with E-state index in [1.807, 2.05) is 20.8 Å². The van der Waals surface area contributed by atoms with Gasteiger partial charge in [-0.05, 0) is 43.5 Å². The summed E-state index contributed by atoms with van der Waals surface area (Å²) in [7, 11) is -6.54. The number of amidine groups is 1. The number of phenols is 1. The molecule has 3 rings (SSSR count). The van der Waals surface area contributed by atoms with Crippen molar-refractivity contribution >= 4 is 37.5 Å². The minimum Gasteiger partial charge on any atom is -0.505 e. The number of nitrogens with two attached hydrogens (primary N) is 1. The van der Waals surface area contributed by atoms with E-state index in [0.29, 0.717) is 11.5 Å². The molecule has 5 N–H and O–H groups in total. The lowest BCUT2D eigenvalue weighted by Crippen LogP contribution is -2.34. The topological polar surface area (TPSA) is 184 Å². The highest BCUT2D eigenvalue weighted by Crippen LogP contribution is 2.35. The molecule has 1 aliphatic heterocycles. The monoisotopic (exact) mass is 539 g/mol. The Bertz CT molecular complexity index is 1470. The van der Waals surface area contributed by atoms with Crippen LogP contribution in [-0.2, 0) is 20.0 Å². The summed E-state index contributed by atoms with van der Waals surface area (Å²) < 4.78 is 58.5. The summed E-state index contributed by atoms with van der Waals surface area (Å²) in [5.74, 6) is -0.359. The van der Waals surface area contributed by atoms with Gasteiger partial charge in [-0.25, -0.2) is 13.6 Å². The van der Waals surface area contributed by atoms with E-state index >= 15 is 0 Å². The molecule has 0 saturated carbocycles. The number of nitrogens with one attached hydrogen (secondary N) is 2. The Hall–Kier alpha value is -3.36. The standard InChI is InChI=1S/C22H29N5O7S2/c1-11(2)17(16-10-12(3)13(4)34-16)25-20-18(22(35(23,30)31)36(32,33)26-20)24-15-9-7-8-14(19(15)28)21(29)27(5)6/h7-11,17,24,28H,1-6H3,(H,25,26)(H2,23,30,31)/t17-/m1/s1. The number of sulfonamides is 2. The number of phenolic OH excluding ortho intramolecular Hbond substituents is 1. The van der Waals surface area contributed by atoms with Crippen LogP contribution in [0.3, 0.4) is 0 Å². The average Bonchev–Trinajstić information content (AvgIpc) is 3.20. The van der Waals surface area contributed by atoms with E-state index in [1.165, 1.54) is 37.2 Å². The predicted octanol–water partition coefficient (Wildman–Crippen LogP) is 1.90. The number of primary sulfonamides is 1. The van der Waals surface area contributed by atoms with E-state index in [1.54, 1.807) is 13.0 Å². The van der Waals surface area contributed by atoms with Crippen LogP contribution in [0, 0.1) is 19.8 Å². The zero-order chi connectivity index (χ0) is 27.2. The molecule has 14 heteroatoms. The van der Waals surface area contributed by atoms with Crippen LogP contribution >= 0.6 is 0 Å². The highest BCUT2D eigenvalue weighted by Gasteiger charge is 2.41. The van der Waals surface area contributed by atoms with E-state index in [2.05, 4.69) is 15.0 Å². The number of hydrogen-bond acceptors (Lipinski definition) is 9. The number of rotatable bonds is 7. The van der Waals surface area contributed by atoms with Crippen LogP contribution in [0.1, 0.15) is 47.3 Å². The second kappa shape index (κ2) is 9.59. The molecular formula is C22H29N5O7S2. The molecule has 1 atom stereocenters. The molecule has 196 valence electrons. The highest BCUT2D eigenvalue weighted by molar-refractivity contribution is 8.13. The number of anilines is 1. The van der Waals surface area contributed by atoms with Gasteiger partial charge >= 0.3 is 0 Å². The second-order valence-corrected chi connectivity index (χ2v) is 12.2. The van der Waals surface area contributed by atoms with Crippen LogP contribution < -0.4 is 15.8 Å². The van der Waals surface area contributed by atoms with Gasteiger partial charge in [0.05, 0.1) is 17.3 Å². The first-order valence-corrected chi connectivity index (χ1v) is 13.8. The summed E-state index contributed by atoms with van der Waals surface area (Å²) in [5.41, 5.74) is 0.172. The smallest absolute Gasteiger partial charge is 0.299 e. The predicted molar refractivity (Wildman–Crippen MR) is 135 cm³/mol. The van der Waals surface area contributed by atoms with Crippen molar-refractivity contribution in [3.63, 3.8) is 0 Å². The lowest BCUT2D eigenvalue weighted by molar-refractivity contribution is 0.0824. The van der Waals surface area contributed by atoms with Crippen LogP contribution in [0.25, 0.3) is 0 Å². The number of carbonyl (C=O) groups excluding carboxylic acids is 1. The van der Waals surface area contributed by atoms with Crippen molar-refractivity contribution < 1.29 is 31.2 Å². The Morgan fingerprint density at radius 2 is 1.86 bits per heavy atom. The summed E-state index contributed by atoms with van der Waals surface area (Å²) >= 11 is 0. The van der Waals surface area contributed by atoms with E-state index in [9.17, 15) is 26.7 Å². The number of aryl methyl sites for hydroxylation is 2. The maximum absolute atomic E-state index is 12.8. The molecule has 1 aromatic heterocycles. The summed E-state index contributed by atoms with van der Waals surface area (Å²) in [6.07, 6.45) is 0. The van der Waals surface area contributed by atoms with Crippen molar-refractivity contribution in [3.8, 4) is 5.75 Å². The molecule has 1 amide bonds. The lowest BCUT2D eigenvalue weighted by atomic mass is 10.0. The molecule has 0 bridgehead atoms. The van der Waals surface area contributed by atoms with Crippen molar-refractivity contribution in [3.05, 3.63) is 56.8 Å². The van der Waals surface area contributed by atoms with Crippen molar-refractivity contribution in [2.24, 2.45) is 15.5 Å². The quantitative estimate of drug-likeness (QED) is 0.381. The maximum atomic E-state index is 12.8. The first-order chi connectivity index (χ1) is 16.5. The van der Waals surface area contributed by atoms with Gasteiger partial charge in [0.25, 0.3) is 26.0 Å². The Morgan fingerprint density at radius 3 is 2.36 bits per heavy atom. The Kier molecular flexibility index (Phi) is 7.26. The first kappa shape index (κ1) is 27.2. The number of amides is 1. The molecule has 0 radical (unpaired) electrons. The Labute approximate surface area is 210 Å². The van der Waals surface area contributed by atoms with E-state index in [0.717, 1.165) is 5.56 Å². The van der Waals surface area contributed by atoms with Gasteiger partial charge in [0, 0.05) is 14.1 Å². The maximum Gasteiger partial charge on any atom is 0.299 e. The number of para-hydroxylation sites is 1. The molecule has 0 saturated heterocycles. The fraction of sp³-hybridized carbons (Fsp3) is 0.364. The third-order valence-electron chi connectivity index (χ3n) is 5.53. The van der Waals surface area contributed by atoms with Gasteiger partial charge in [-0.1, -0.05) is 19.9 Å². The summed E-state index contributed by atoms with van der Waals surface area (Å²) in [5, 5.41) is 21.5. The molecule has 0 spiro atoms. The number of carbonyl (C=O) groups is 1. The van der Waals surface area contributed by atoms with Gasteiger partial charge in [0.2, 0.25) is 4.24 Å². The molecule has 2 heterocycles. The minimum absolute atomic E-state index is 0.0864. The van der Waals surface area contributed by atoms with Crippen molar-refractivity contribution in [1.82, 2.24) is 10.2 Å². The summed E-state index contributed by atoms with van der Waals surface area (Å²) in [6.45, 7) is 7.35. The first-order valence-electron chi connectivity index (χ1n) is 10.8. The lowest BCUT2D eigenvalue weighted by Gasteiger charge is -2.23. The van der Waals surface area contributed by atoms with Crippen molar-refractivity contribution in [1.29, 1.82) is 0 Å². The molecule has 36 heavy (non-hydrogen) atoms. The molecule has 12 nitrogen and oxygen atoms in total. The molecule has 2 aromatic rings.